The molecule has 21 heavy (non-hydrogen) atoms. The van der Waals surface area contributed by atoms with Crippen molar-refractivity contribution in [3.05, 3.63) is 11.3 Å². The first kappa shape index (κ1) is 16.9. The van der Waals surface area contributed by atoms with E-state index in [1.165, 1.54) is 13.8 Å². The van der Waals surface area contributed by atoms with Crippen LogP contribution in [0.4, 0.5) is 0 Å². The molecule has 0 spiro atoms. The summed E-state index contributed by atoms with van der Waals surface area (Å²) in [4.78, 5) is 10.5. The molecular formula is C10H16N4O6S. The van der Waals surface area contributed by atoms with Crippen LogP contribution >= 0.6 is 0 Å². The number of nitrogens with zero attached hydrogens (tertiary/aromatic N) is 2. The summed E-state index contributed by atoms with van der Waals surface area (Å²) in [7, 11) is -4.20. The molecule has 0 bridgehead atoms. The van der Waals surface area contributed by atoms with Gasteiger partial charge in [0.05, 0.1) is 12.2 Å². The predicted molar refractivity (Wildman–Crippen MR) is 72.9 cm³/mol. The van der Waals surface area contributed by atoms with Gasteiger partial charge in [-0.3, -0.25) is 10.2 Å². The topological polar surface area (TPSA) is 155 Å². The Hall–Kier alpha value is -2.14. The number of carbonyl (C=O) groups excluding carboxylic acids is 1. The predicted octanol–water partition coefficient (Wildman–Crippen LogP) is -0.750. The molecule has 0 amide bonds. The van der Waals surface area contributed by atoms with Crippen molar-refractivity contribution in [3.63, 3.8) is 0 Å². The molecule has 0 aliphatic carbocycles. The molecular weight excluding hydrogens is 304 g/mol. The highest BCUT2D eigenvalue weighted by atomic mass is 32.2. The highest BCUT2D eigenvalue weighted by Crippen LogP contribution is 2.18. The Kier molecular flexibility index (Phi) is 5.27. The molecule has 0 atom stereocenters. The van der Waals surface area contributed by atoms with Crippen molar-refractivity contribution in [2.24, 2.45) is 10.1 Å². The van der Waals surface area contributed by atoms with Crippen molar-refractivity contribution in [3.8, 4) is 0 Å². The Labute approximate surface area is 121 Å². The number of esters is 1. The third-order valence-electron chi connectivity index (χ3n) is 2.34. The number of ether oxygens (including phenoxy) is 2. The van der Waals surface area contributed by atoms with Gasteiger partial charge in [-0.05, 0) is 6.92 Å². The van der Waals surface area contributed by atoms with Crippen molar-refractivity contribution >= 4 is 27.8 Å². The van der Waals surface area contributed by atoms with Gasteiger partial charge in [-0.2, -0.15) is 8.42 Å². The molecule has 0 unspecified atom stereocenters. The Morgan fingerprint density at radius 3 is 2.57 bits per heavy atom. The molecule has 118 valence electrons. The first-order valence-electron chi connectivity index (χ1n) is 5.75. The number of amidine groups is 2. The van der Waals surface area contributed by atoms with E-state index in [4.69, 9.17) is 15.9 Å². The molecule has 0 fully saturated rings. The van der Waals surface area contributed by atoms with Gasteiger partial charge in [0.1, 0.15) is 19.1 Å². The highest BCUT2D eigenvalue weighted by molar-refractivity contribution is 7.88. The summed E-state index contributed by atoms with van der Waals surface area (Å²) in [6.45, 7) is 1.85. The van der Waals surface area contributed by atoms with E-state index in [1.54, 1.807) is 0 Å². The summed E-state index contributed by atoms with van der Waals surface area (Å²) in [5, 5.41) is 17.2. The molecule has 0 aromatic rings. The van der Waals surface area contributed by atoms with Gasteiger partial charge < -0.3 is 20.3 Å². The van der Waals surface area contributed by atoms with Gasteiger partial charge in [-0.25, -0.2) is 4.31 Å². The van der Waals surface area contributed by atoms with Crippen LogP contribution in [-0.2, 0) is 24.5 Å². The van der Waals surface area contributed by atoms with Gasteiger partial charge in [-0.15, -0.1) is 4.40 Å². The second kappa shape index (κ2) is 6.54. The molecule has 1 aliphatic heterocycles. The van der Waals surface area contributed by atoms with Gasteiger partial charge in [0.25, 0.3) is 0 Å². The van der Waals surface area contributed by atoms with Crippen LogP contribution in [0.25, 0.3) is 0 Å². The maximum absolute atomic E-state index is 11.8. The number of nitrogens with two attached hydrogens (primary N) is 1. The summed E-state index contributed by atoms with van der Waals surface area (Å²) in [5.41, 5.74) is 5.22. The minimum absolute atomic E-state index is 0.0519. The lowest BCUT2D eigenvalue weighted by Gasteiger charge is -2.27. The number of allylic oxidation sites excluding steroid dienone is 1. The Balaban J connectivity index is 2.80. The molecule has 0 saturated heterocycles. The highest BCUT2D eigenvalue weighted by Gasteiger charge is 2.35. The number of hydrogen-bond acceptors (Lipinski definition) is 8. The average Bonchev–Trinajstić information content (AvgIpc) is 2.30. The average molecular weight is 320 g/mol. The van der Waals surface area contributed by atoms with Gasteiger partial charge >= 0.3 is 16.2 Å². The minimum Gasteiger partial charge on any atom is -0.512 e. The first-order chi connectivity index (χ1) is 9.66. The van der Waals surface area contributed by atoms with Crippen LogP contribution in [0.5, 0.6) is 0 Å². The zero-order valence-corrected chi connectivity index (χ0v) is 12.3. The summed E-state index contributed by atoms with van der Waals surface area (Å²) >= 11 is 0. The molecule has 11 heteroatoms. The summed E-state index contributed by atoms with van der Waals surface area (Å²) in [6.07, 6.45) is 0. The molecule has 1 heterocycles. The second-order valence-corrected chi connectivity index (χ2v) is 5.51. The van der Waals surface area contributed by atoms with Crippen LogP contribution in [0.1, 0.15) is 13.8 Å². The molecule has 10 nitrogen and oxygen atoms in total. The number of aliphatic hydroxyl groups excluding tert-OH is 1. The fourth-order valence-corrected chi connectivity index (χ4v) is 2.43. The van der Waals surface area contributed by atoms with Crippen molar-refractivity contribution in [2.45, 2.75) is 13.8 Å². The van der Waals surface area contributed by atoms with E-state index in [0.29, 0.717) is 4.31 Å². The zero-order valence-electron chi connectivity index (χ0n) is 11.5. The molecule has 0 aromatic heterocycles. The number of rotatable bonds is 5. The van der Waals surface area contributed by atoms with Crippen molar-refractivity contribution in [1.29, 1.82) is 5.41 Å². The maximum Gasteiger partial charge on any atom is 0.349 e. The van der Waals surface area contributed by atoms with Crippen molar-refractivity contribution < 1.29 is 27.8 Å². The molecule has 0 radical (unpaired) electrons. The number of aliphatic hydroxyl groups is 1. The summed E-state index contributed by atoms with van der Waals surface area (Å²) < 4.78 is 37.0. The zero-order chi connectivity index (χ0) is 16.2. The fourth-order valence-electron chi connectivity index (χ4n) is 1.46. The maximum atomic E-state index is 11.8. The minimum atomic E-state index is -4.20. The van der Waals surface area contributed by atoms with E-state index >= 15 is 0 Å². The number of hydrogen-bond donors (Lipinski definition) is 3. The molecule has 4 N–H and O–H groups in total. The van der Waals surface area contributed by atoms with Crippen molar-refractivity contribution in [1.82, 2.24) is 4.31 Å². The van der Waals surface area contributed by atoms with E-state index in [0.717, 1.165) is 0 Å². The van der Waals surface area contributed by atoms with E-state index in [2.05, 4.69) is 9.13 Å². The Morgan fingerprint density at radius 2 is 2.05 bits per heavy atom. The lowest BCUT2D eigenvalue weighted by Crippen LogP contribution is -2.46. The molecule has 1 aliphatic rings. The van der Waals surface area contributed by atoms with Crippen LogP contribution in [0.2, 0.25) is 0 Å². The summed E-state index contributed by atoms with van der Waals surface area (Å²) in [5.74, 6) is -1.83. The lowest BCUT2D eigenvalue weighted by atomic mass is 10.2. The largest absolute Gasteiger partial charge is 0.512 e. The van der Waals surface area contributed by atoms with Crippen LogP contribution < -0.4 is 5.73 Å². The smallest absolute Gasteiger partial charge is 0.349 e. The molecule has 0 aromatic carbocycles. The third kappa shape index (κ3) is 4.16. The van der Waals surface area contributed by atoms with Gasteiger partial charge in [-0.1, -0.05) is 0 Å². The van der Waals surface area contributed by atoms with E-state index in [9.17, 15) is 18.3 Å². The summed E-state index contributed by atoms with van der Waals surface area (Å²) in [6, 6.07) is 0. The van der Waals surface area contributed by atoms with Gasteiger partial charge in [0, 0.05) is 6.92 Å². The molecule has 1 rings (SSSR count). The second-order valence-electron chi connectivity index (χ2n) is 3.99. The van der Waals surface area contributed by atoms with E-state index in [-0.39, 0.29) is 24.5 Å². The van der Waals surface area contributed by atoms with Gasteiger partial charge in [0.2, 0.25) is 0 Å². The SMILES string of the molecule is CC(=O)OCCOCN1C(=N)/C(=C(\C)O)C(N)=NS1(=O)=O. The standard InChI is InChI=1S/C10H16N4O6S/c1-6(15)8-9(11)13-21(17,18)14(10(8)12)5-19-3-4-20-7(2)16/h12,15H,3-5H2,1-2H3,(H2,11,13)/b8-6+,12-10?. The van der Waals surface area contributed by atoms with E-state index in [1.807, 2.05) is 0 Å². The quantitative estimate of drug-likeness (QED) is 0.342. The first-order valence-corrected chi connectivity index (χ1v) is 7.15. The van der Waals surface area contributed by atoms with Gasteiger partial charge in [0.15, 0.2) is 11.7 Å². The molecule has 0 saturated carbocycles. The number of carbonyl (C=O) groups is 1. The number of nitrogens with one attached hydrogen (secondary N) is 1. The van der Waals surface area contributed by atoms with E-state index < -0.39 is 34.6 Å². The Morgan fingerprint density at radius 1 is 1.43 bits per heavy atom. The normalized spacial score (nSPS) is 20.0. The Bertz CT molecular complexity index is 605. The monoisotopic (exact) mass is 320 g/mol. The van der Waals surface area contributed by atoms with Crippen LogP contribution in [0.3, 0.4) is 0 Å². The fraction of sp³-hybridized carbons (Fsp3) is 0.500. The van der Waals surface area contributed by atoms with Crippen LogP contribution in [0.15, 0.2) is 15.7 Å². The lowest BCUT2D eigenvalue weighted by molar-refractivity contribution is -0.142. The van der Waals surface area contributed by atoms with Crippen molar-refractivity contribution in [2.75, 3.05) is 19.9 Å². The van der Waals surface area contributed by atoms with Crippen LogP contribution in [-0.4, -0.2) is 55.4 Å². The van der Waals surface area contributed by atoms with Crippen LogP contribution in [0, 0.1) is 5.41 Å². The third-order valence-corrected chi connectivity index (χ3v) is 3.61.